The molecule has 94 valence electrons. The second-order valence-corrected chi connectivity index (χ2v) is 5.09. The van der Waals surface area contributed by atoms with E-state index in [1.54, 1.807) is 23.6 Å². The van der Waals surface area contributed by atoms with Crippen molar-refractivity contribution in [2.24, 2.45) is 0 Å². The molecule has 0 unspecified atom stereocenters. The van der Waals surface area contributed by atoms with Crippen LogP contribution in [0.5, 0.6) is 0 Å². The van der Waals surface area contributed by atoms with Crippen LogP contribution in [-0.2, 0) is 6.42 Å². The van der Waals surface area contributed by atoms with Crippen LogP contribution >= 0.6 is 22.9 Å². The second kappa shape index (κ2) is 5.93. The predicted molar refractivity (Wildman–Crippen MR) is 72.1 cm³/mol. The molecular weight excluding hydrogens is 270 g/mol. The van der Waals surface area contributed by atoms with Gasteiger partial charge in [-0.15, -0.1) is 11.3 Å². The topological polar surface area (TPSA) is 54.9 Å². The normalized spacial score (nSPS) is 10.3. The predicted octanol–water partition coefficient (Wildman–Crippen LogP) is 2.47. The third-order valence-corrected chi connectivity index (χ3v) is 3.64. The SMILES string of the molecule is Cc1csc(CCNC(=O)c2ccncc2Cl)n1. The summed E-state index contributed by atoms with van der Waals surface area (Å²) >= 11 is 7.49. The average molecular weight is 282 g/mol. The Kier molecular flexibility index (Phi) is 4.28. The molecule has 1 N–H and O–H groups in total. The van der Waals surface area contributed by atoms with E-state index in [1.807, 2.05) is 12.3 Å². The molecule has 1 amide bonds. The fraction of sp³-hybridized carbons (Fsp3) is 0.250. The number of pyridine rings is 1. The van der Waals surface area contributed by atoms with Gasteiger partial charge in [-0.25, -0.2) is 4.98 Å². The maximum atomic E-state index is 11.8. The third kappa shape index (κ3) is 3.27. The Morgan fingerprint density at radius 3 is 3.06 bits per heavy atom. The highest BCUT2D eigenvalue weighted by molar-refractivity contribution is 7.09. The average Bonchev–Trinajstić information content (AvgIpc) is 2.75. The summed E-state index contributed by atoms with van der Waals surface area (Å²) in [4.78, 5) is 20.0. The lowest BCUT2D eigenvalue weighted by Crippen LogP contribution is -2.26. The van der Waals surface area contributed by atoms with Crippen molar-refractivity contribution >= 4 is 28.8 Å². The lowest BCUT2D eigenvalue weighted by atomic mass is 10.2. The number of halogens is 1. The van der Waals surface area contributed by atoms with E-state index >= 15 is 0 Å². The summed E-state index contributed by atoms with van der Waals surface area (Å²) in [5.41, 5.74) is 1.46. The Balaban J connectivity index is 1.87. The number of carbonyl (C=O) groups is 1. The van der Waals surface area contributed by atoms with Crippen LogP contribution in [0.25, 0.3) is 0 Å². The van der Waals surface area contributed by atoms with Crippen molar-refractivity contribution < 1.29 is 4.79 Å². The van der Waals surface area contributed by atoms with Gasteiger partial charge in [0.05, 0.1) is 15.6 Å². The molecule has 0 aliphatic carbocycles. The maximum absolute atomic E-state index is 11.8. The van der Waals surface area contributed by atoms with Gasteiger partial charge >= 0.3 is 0 Å². The molecule has 18 heavy (non-hydrogen) atoms. The highest BCUT2D eigenvalue weighted by Gasteiger charge is 2.09. The number of aryl methyl sites for hydroxylation is 1. The maximum Gasteiger partial charge on any atom is 0.252 e. The summed E-state index contributed by atoms with van der Waals surface area (Å²) in [6, 6.07) is 1.60. The van der Waals surface area contributed by atoms with Crippen LogP contribution in [0.2, 0.25) is 5.02 Å². The molecule has 2 aromatic rings. The Labute approximate surface area is 114 Å². The Morgan fingerprint density at radius 1 is 1.56 bits per heavy atom. The van der Waals surface area contributed by atoms with Crippen molar-refractivity contribution in [3.05, 3.63) is 45.1 Å². The van der Waals surface area contributed by atoms with Crippen molar-refractivity contribution in [2.45, 2.75) is 13.3 Å². The molecule has 6 heteroatoms. The minimum atomic E-state index is -0.185. The van der Waals surface area contributed by atoms with Crippen molar-refractivity contribution in [3.8, 4) is 0 Å². The zero-order valence-corrected chi connectivity index (χ0v) is 11.4. The van der Waals surface area contributed by atoms with Gasteiger partial charge in [-0.3, -0.25) is 9.78 Å². The highest BCUT2D eigenvalue weighted by Crippen LogP contribution is 2.13. The second-order valence-electron chi connectivity index (χ2n) is 3.74. The molecule has 0 aliphatic rings. The Morgan fingerprint density at radius 2 is 2.39 bits per heavy atom. The first-order valence-electron chi connectivity index (χ1n) is 5.45. The van der Waals surface area contributed by atoms with Gasteiger partial charge in [0.2, 0.25) is 0 Å². The van der Waals surface area contributed by atoms with Gasteiger partial charge in [-0.05, 0) is 13.0 Å². The number of hydrogen-bond donors (Lipinski definition) is 1. The number of aromatic nitrogens is 2. The molecule has 0 radical (unpaired) electrons. The largest absolute Gasteiger partial charge is 0.352 e. The molecular formula is C12H12ClN3OS. The standard InChI is InChI=1S/C12H12ClN3OS/c1-8-7-18-11(16-8)3-5-15-12(17)9-2-4-14-6-10(9)13/h2,4,6-7H,3,5H2,1H3,(H,15,17). The van der Waals surface area contributed by atoms with Crippen molar-refractivity contribution in [2.75, 3.05) is 6.54 Å². The van der Waals surface area contributed by atoms with E-state index in [-0.39, 0.29) is 5.91 Å². The van der Waals surface area contributed by atoms with Crippen molar-refractivity contribution in [1.29, 1.82) is 0 Å². The summed E-state index contributed by atoms with van der Waals surface area (Å²) in [6.45, 7) is 2.50. The molecule has 0 aromatic carbocycles. The summed E-state index contributed by atoms with van der Waals surface area (Å²) < 4.78 is 0. The number of amides is 1. The summed E-state index contributed by atoms with van der Waals surface area (Å²) in [5.74, 6) is -0.185. The summed E-state index contributed by atoms with van der Waals surface area (Å²) in [7, 11) is 0. The first kappa shape index (κ1) is 13.0. The minimum absolute atomic E-state index is 0.185. The summed E-state index contributed by atoms with van der Waals surface area (Å²) in [6.07, 6.45) is 3.73. The first-order chi connectivity index (χ1) is 8.66. The van der Waals surface area contributed by atoms with Gasteiger partial charge in [0.1, 0.15) is 0 Å². The molecule has 0 fully saturated rings. The van der Waals surface area contributed by atoms with E-state index in [1.165, 1.54) is 6.20 Å². The number of nitrogens with one attached hydrogen (secondary N) is 1. The van der Waals surface area contributed by atoms with Crippen LogP contribution in [0, 0.1) is 6.92 Å². The van der Waals surface area contributed by atoms with E-state index < -0.39 is 0 Å². The zero-order chi connectivity index (χ0) is 13.0. The van der Waals surface area contributed by atoms with Crippen LogP contribution in [-0.4, -0.2) is 22.4 Å². The molecule has 4 nitrogen and oxygen atoms in total. The Bertz CT molecular complexity index is 556. The molecule has 0 saturated carbocycles. The van der Waals surface area contributed by atoms with Gasteiger partial charge in [0.15, 0.2) is 0 Å². The van der Waals surface area contributed by atoms with Gasteiger partial charge in [0.25, 0.3) is 5.91 Å². The van der Waals surface area contributed by atoms with Gasteiger partial charge in [-0.2, -0.15) is 0 Å². The number of rotatable bonds is 4. The molecule has 2 heterocycles. The van der Waals surface area contributed by atoms with E-state index in [9.17, 15) is 4.79 Å². The van der Waals surface area contributed by atoms with Gasteiger partial charge in [-0.1, -0.05) is 11.6 Å². The monoisotopic (exact) mass is 281 g/mol. The number of hydrogen-bond acceptors (Lipinski definition) is 4. The van der Waals surface area contributed by atoms with Crippen LogP contribution in [0.15, 0.2) is 23.8 Å². The molecule has 0 saturated heterocycles. The van der Waals surface area contributed by atoms with Crippen molar-refractivity contribution in [3.63, 3.8) is 0 Å². The van der Waals surface area contributed by atoms with Crippen molar-refractivity contribution in [1.82, 2.24) is 15.3 Å². The third-order valence-electron chi connectivity index (χ3n) is 2.31. The van der Waals surface area contributed by atoms with E-state index in [2.05, 4.69) is 15.3 Å². The van der Waals surface area contributed by atoms with Crippen LogP contribution < -0.4 is 5.32 Å². The van der Waals surface area contributed by atoms with E-state index in [4.69, 9.17) is 11.6 Å². The molecule has 0 aliphatic heterocycles. The number of thiazole rings is 1. The fourth-order valence-electron chi connectivity index (χ4n) is 1.46. The zero-order valence-electron chi connectivity index (χ0n) is 9.81. The number of carbonyl (C=O) groups excluding carboxylic acids is 1. The molecule has 0 spiro atoms. The smallest absolute Gasteiger partial charge is 0.252 e. The summed E-state index contributed by atoms with van der Waals surface area (Å²) in [5, 5.41) is 6.19. The quantitative estimate of drug-likeness (QED) is 0.937. The van der Waals surface area contributed by atoms with E-state index in [0.717, 1.165) is 17.1 Å². The van der Waals surface area contributed by atoms with E-state index in [0.29, 0.717) is 17.1 Å². The molecule has 0 atom stereocenters. The highest BCUT2D eigenvalue weighted by atomic mass is 35.5. The first-order valence-corrected chi connectivity index (χ1v) is 6.71. The molecule has 2 rings (SSSR count). The lowest BCUT2D eigenvalue weighted by Gasteiger charge is -2.04. The minimum Gasteiger partial charge on any atom is -0.352 e. The van der Waals surface area contributed by atoms with Crippen LogP contribution in [0.4, 0.5) is 0 Å². The van der Waals surface area contributed by atoms with Crippen LogP contribution in [0.1, 0.15) is 21.1 Å². The molecule has 2 aromatic heterocycles. The Hall–Kier alpha value is -1.46. The van der Waals surface area contributed by atoms with Gasteiger partial charge in [0, 0.05) is 36.4 Å². The molecule has 0 bridgehead atoms. The number of nitrogens with zero attached hydrogens (tertiary/aromatic N) is 2. The lowest BCUT2D eigenvalue weighted by molar-refractivity contribution is 0.0954. The van der Waals surface area contributed by atoms with Crippen LogP contribution in [0.3, 0.4) is 0 Å². The fourth-order valence-corrected chi connectivity index (χ4v) is 2.44. The van der Waals surface area contributed by atoms with Gasteiger partial charge < -0.3 is 5.32 Å².